The predicted octanol–water partition coefficient (Wildman–Crippen LogP) is 5.70. The van der Waals surface area contributed by atoms with E-state index in [1.165, 1.54) is 0 Å². The quantitative estimate of drug-likeness (QED) is 0.518. The lowest BCUT2D eigenvalue weighted by molar-refractivity contribution is -0.131. The molecule has 0 bridgehead atoms. The number of carbonyl (C=O) groups excluding carboxylic acids is 1. The van der Waals surface area contributed by atoms with Gasteiger partial charge in [-0.25, -0.2) is 0 Å². The second kappa shape index (κ2) is 9.02. The normalized spacial score (nSPS) is 15.5. The van der Waals surface area contributed by atoms with E-state index in [0.717, 1.165) is 17.5 Å². The van der Waals surface area contributed by atoms with Gasteiger partial charge in [-0.2, -0.15) is 5.26 Å². The van der Waals surface area contributed by atoms with Crippen molar-refractivity contribution in [3.8, 4) is 11.8 Å². The smallest absolute Gasteiger partial charge is 0.223 e. The highest BCUT2D eigenvalue weighted by Gasteiger charge is 2.37. The van der Waals surface area contributed by atoms with Crippen molar-refractivity contribution < 1.29 is 9.53 Å². The molecule has 2 unspecified atom stereocenters. The minimum Gasteiger partial charge on any atom is -0.483 e. The van der Waals surface area contributed by atoms with Gasteiger partial charge in [0, 0.05) is 18.0 Å². The third-order valence-electron chi connectivity index (χ3n) is 5.32. The molecule has 1 aliphatic heterocycles. The van der Waals surface area contributed by atoms with Gasteiger partial charge in [-0.15, -0.1) is 0 Å². The van der Waals surface area contributed by atoms with Crippen molar-refractivity contribution in [1.82, 2.24) is 4.90 Å². The first-order chi connectivity index (χ1) is 14.7. The zero-order valence-corrected chi connectivity index (χ0v) is 17.1. The molecule has 1 aliphatic rings. The fraction of sp³-hybridized carbons (Fsp3) is 0.200. The van der Waals surface area contributed by atoms with Crippen LogP contribution < -0.4 is 4.74 Å². The van der Waals surface area contributed by atoms with Crippen LogP contribution in [0.2, 0.25) is 5.02 Å². The zero-order chi connectivity index (χ0) is 20.9. The van der Waals surface area contributed by atoms with Gasteiger partial charge in [-0.3, -0.25) is 4.79 Å². The first-order valence-electron chi connectivity index (χ1n) is 9.92. The average molecular weight is 417 g/mol. The van der Waals surface area contributed by atoms with Gasteiger partial charge in [-0.05, 0) is 53.9 Å². The SMILES string of the molecule is N#Cc1ccc(OC(c2ccc(Cl)cc2)C(c2ccccc2)N2CCCC2=O)cc1. The monoisotopic (exact) mass is 416 g/mol. The molecule has 0 spiro atoms. The number of halogens is 1. The summed E-state index contributed by atoms with van der Waals surface area (Å²) in [6.07, 6.45) is 0.958. The molecule has 0 aromatic heterocycles. The maximum atomic E-state index is 12.7. The minimum absolute atomic E-state index is 0.131. The summed E-state index contributed by atoms with van der Waals surface area (Å²) in [7, 11) is 0. The lowest BCUT2D eigenvalue weighted by atomic mass is 9.94. The van der Waals surface area contributed by atoms with Crippen LogP contribution in [0.4, 0.5) is 0 Å². The number of hydrogen-bond donors (Lipinski definition) is 0. The fourth-order valence-corrected chi connectivity index (χ4v) is 3.98. The number of benzene rings is 3. The number of likely N-dealkylation sites (tertiary alicyclic amines) is 1. The van der Waals surface area contributed by atoms with Crippen molar-refractivity contribution >= 4 is 17.5 Å². The Morgan fingerprint density at radius 2 is 1.63 bits per heavy atom. The number of amides is 1. The van der Waals surface area contributed by atoms with Gasteiger partial charge in [0.1, 0.15) is 11.9 Å². The molecule has 0 saturated carbocycles. The number of nitrogens with zero attached hydrogens (tertiary/aromatic N) is 2. The van der Waals surface area contributed by atoms with Crippen molar-refractivity contribution in [2.75, 3.05) is 6.54 Å². The van der Waals surface area contributed by atoms with Crippen LogP contribution in [0.5, 0.6) is 5.75 Å². The Balaban J connectivity index is 1.79. The topological polar surface area (TPSA) is 53.3 Å². The Hall–Kier alpha value is -3.29. The summed E-state index contributed by atoms with van der Waals surface area (Å²) in [6, 6.07) is 26.4. The molecule has 4 rings (SSSR count). The van der Waals surface area contributed by atoms with Crippen LogP contribution in [-0.2, 0) is 4.79 Å². The molecule has 2 atom stereocenters. The second-order valence-corrected chi connectivity index (χ2v) is 7.71. The Morgan fingerprint density at radius 3 is 2.23 bits per heavy atom. The molecule has 0 aliphatic carbocycles. The van der Waals surface area contributed by atoms with Gasteiger partial charge in [0.2, 0.25) is 5.91 Å². The van der Waals surface area contributed by atoms with E-state index in [1.807, 2.05) is 59.5 Å². The largest absolute Gasteiger partial charge is 0.483 e. The van der Waals surface area contributed by atoms with Crippen molar-refractivity contribution in [3.05, 3.63) is 101 Å². The van der Waals surface area contributed by atoms with Crippen LogP contribution in [0.15, 0.2) is 78.9 Å². The van der Waals surface area contributed by atoms with Gasteiger partial charge in [0.25, 0.3) is 0 Å². The van der Waals surface area contributed by atoms with Crippen LogP contribution in [0, 0.1) is 11.3 Å². The molecular formula is C25H21ClN2O2. The third kappa shape index (κ3) is 4.32. The Morgan fingerprint density at radius 1 is 0.933 bits per heavy atom. The first kappa shape index (κ1) is 20.0. The number of ether oxygens (including phenoxy) is 1. The summed E-state index contributed by atoms with van der Waals surface area (Å²) in [5, 5.41) is 9.72. The first-order valence-corrected chi connectivity index (χ1v) is 10.3. The van der Waals surface area contributed by atoms with Gasteiger partial charge >= 0.3 is 0 Å². The molecule has 3 aromatic carbocycles. The van der Waals surface area contributed by atoms with E-state index in [9.17, 15) is 4.79 Å². The number of nitriles is 1. The van der Waals surface area contributed by atoms with Crippen molar-refractivity contribution in [2.24, 2.45) is 0 Å². The molecule has 3 aromatic rings. The van der Waals surface area contributed by atoms with Gasteiger partial charge < -0.3 is 9.64 Å². The van der Waals surface area contributed by atoms with Crippen molar-refractivity contribution in [1.29, 1.82) is 5.26 Å². The molecule has 1 heterocycles. The van der Waals surface area contributed by atoms with E-state index < -0.39 is 6.10 Å². The van der Waals surface area contributed by atoms with E-state index in [0.29, 0.717) is 29.3 Å². The van der Waals surface area contributed by atoms with Crippen molar-refractivity contribution in [2.45, 2.75) is 25.0 Å². The molecule has 0 radical (unpaired) electrons. The number of carbonyl (C=O) groups is 1. The number of hydrogen-bond acceptors (Lipinski definition) is 3. The molecule has 1 saturated heterocycles. The molecule has 4 nitrogen and oxygen atoms in total. The van der Waals surface area contributed by atoms with E-state index in [4.69, 9.17) is 21.6 Å². The zero-order valence-electron chi connectivity index (χ0n) is 16.4. The van der Waals surface area contributed by atoms with Crippen LogP contribution >= 0.6 is 11.6 Å². The molecule has 1 amide bonds. The van der Waals surface area contributed by atoms with E-state index in [-0.39, 0.29) is 11.9 Å². The Labute approximate surface area is 181 Å². The number of rotatable bonds is 6. The molecule has 150 valence electrons. The Bertz CT molecular complexity index is 1040. The third-order valence-corrected chi connectivity index (χ3v) is 5.57. The maximum Gasteiger partial charge on any atom is 0.223 e. The van der Waals surface area contributed by atoms with Crippen LogP contribution in [-0.4, -0.2) is 17.4 Å². The highest BCUT2D eigenvalue weighted by Crippen LogP contribution is 2.40. The molecular weight excluding hydrogens is 396 g/mol. The summed E-state index contributed by atoms with van der Waals surface area (Å²) >= 11 is 6.12. The molecule has 0 N–H and O–H groups in total. The van der Waals surface area contributed by atoms with Gasteiger partial charge in [0.15, 0.2) is 0 Å². The van der Waals surface area contributed by atoms with Gasteiger partial charge in [0.05, 0.1) is 17.7 Å². The summed E-state index contributed by atoms with van der Waals surface area (Å²) in [6.45, 7) is 0.694. The summed E-state index contributed by atoms with van der Waals surface area (Å²) in [4.78, 5) is 14.6. The summed E-state index contributed by atoms with van der Waals surface area (Å²) < 4.78 is 6.47. The molecule has 5 heteroatoms. The van der Waals surface area contributed by atoms with Crippen LogP contribution in [0.25, 0.3) is 0 Å². The van der Waals surface area contributed by atoms with Crippen molar-refractivity contribution in [3.63, 3.8) is 0 Å². The molecule has 1 fully saturated rings. The molecule has 30 heavy (non-hydrogen) atoms. The van der Waals surface area contributed by atoms with Crippen LogP contribution in [0.3, 0.4) is 0 Å². The highest BCUT2D eigenvalue weighted by atomic mass is 35.5. The second-order valence-electron chi connectivity index (χ2n) is 7.27. The van der Waals surface area contributed by atoms with E-state index in [1.54, 1.807) is 24.3 Å². The maximum absolute atomic E-state index is 12.7. The van der Waals surface area contributed by atoms with Crippen LogP contribution in [0.1, 0.15) is 41.7 Å². The van der Waals surface area contributed by atoms with E-state index >= 15 is 0 Å². The minimum atomic E-state index is -0.431. The summed E-state index contributed by atoms with van der Waals surface area (Å²) in [5.74, 6) is 0.771. The lowest BCUT2D eigenvalue weighted by Gasteiger charge is -2.35. The fourth-order valence-electron chi connectivity index (χ4n) is 3.85. The summed E-state index contributed by atoms with van der Waals surface area (Å²) in [5.41, 5.74) is 2.51. The lowest BCUT2D eigenvalue weighted by Crippen LogP contribution is -2.36. The average Bonchev–Trinajstić information content (AvgIpc) is 3.20. The predicted molar refractivity (Wildman–Crippen MR) is 116 cm³/mol. The van der Waals surface area contributed by atoms with Gasteiger partial charge in [-0.1, -0.05) is 54.1 Å². The highest BCUT2D eigenvalue weighted by molar-refractivity contribution is 6.30. The standard InChI is InChI=1S/C25H21ClN2O2/c26-21-12-10-20(11-13-21)25(30-22-14-8-18(17-27)9-15-22)24(19-5-2-1-3-6-19)28-16-4-7-23(28)29/h1-3,5-6,8-15,24-25H,4,7,16H2. The Kier molecular flexibility index (Phi) is 6.02. The van der Waals surface area contributed by atoms with E-state index in [2.05, 4.69) is 6.07 Å².